The van der Waals surface area contributed by atoms with Gasteiger partial charge in [0.25, 0.3) is 0 Å². The van der Waals surface area contributed by atoms with Gasteiger partial charge in [-0.1, -0.05) is 78.9 Å². The number of benzene rings is 3. The van der Waals surface area contributed by atoms with Crippen molar-refractivity contribution in [1.29, 1.82) is 0 Å². The summed E-state index contributed by atoms with van der Waals surface area (Å²) >= 11 is 5.35. The lowest BCUT2D eigenvalue weighted by molar-refractivity contribution is -0.107. The number of carbonyl (C=O) groups excluding carboxylic acids is 1. The highest BCUT2D eigenvalue weighted by molar-refractivity contribution is 7.89. The molecule has 5 nitrogen and oxygen atoms in total. The van der Waals surface area contributed by atoms with Crippen LogP contribution in [0.4, 0.5) is 0 Å². The first kappa shape index (κ1) is 23.4. The summed E-state index contributed by atoms with van der Waals surface area (Å²) in [5, 5.41) is -0.606. The van der Waals surface area contributed by atoms with E-state index >= 15 is 0 Å². The topological polar surface area (TPSA) is 57.7 Å². The number of piperazine rings is 1. The van der Waals surface area contributed by atoms with Gasteiger partial charge in [0.15, 0.2) is 0 Å². The molecule has 0 saturated carbocycles. The Balaban J connectivity index is 1.53. The zero-order chi connectivity index (χ0) is 23.3. The van der Waals surface area contributed by atoms with Crippen molar-refractivity contribution in [3.05, 3.63) is 108 Å². The Bertz CT molecular complexity index is 1180. The van der Waals surface area contributed by atoms with Crippen LogP contribution < -0.4 is 0 Å². The molecule has 1 aliphatic heterocycles. The maximum Gasteiger partial charge on any atom is 0.245 e. The van der Waals surface area contributed by atoms with Crippen LogP contribution in [0.3, 0.4) is 0 Å². The van der Waals surface area contributed by atoms with E-state index in [1.54, 1.807) is 24.3 Å². The van der Waals surface area contributed by atoms with E-state index in [-0.39, 0.29) is 10.9 Å². The van der Waals surface area contributed by atoms with Crippen LogP contribution >= 0.6 is 11.6 Å². The van der Waals surface area contributed by atoms with E-state index in [9.17, 15) is 13.2 Å². The van der Waals surface area contributed by atoms with Crippen LogP contribution in [0, 0.1) is 0 Å². The molecule has 3 aromatic rings. The van der Waals surface area contributed by atoms with E-state index in [0.29, 0.717) is 31.7 Å². The lowest BCUT2D eigenvalue weighted by atomic mass is 9.96. The van der Waals surface area contributed by atoms with Crippen molar-refractivity contribution < 1.29 is 13.2 Å². The largest absolute Gasteiger partial charge is 0.290 e. The van der Waals surface area contributed by atoms with Crippen LogP contribution in [0.2, 0.25) is 0 Å². The van der Waals surface area contributed by atoms with Crippen molar-refractivity contribution in [3.8, 4) is 0 Å². The SMILES string of the molecule is O=C(Cl)/C=C/c1cccc(S(=O)(=O)N2CCN(C(c3ccccc3)c3ccccc3)CC2)c1. The molecule has 0 N–H and O–H groups in total. The Morgan fingerprint density at radius 1 is 0.818 bits per heavy atom. The molecule has 3 aromatic carbocycles. The van der Waals surface area contributed by atoms with E-state index in [1.165, 1.54) is 27.6 Å². The molecule has 0 aliphatic carbocycles. The fourth-order valence-corrected chi connectivity index (χ4v) is 5.72. The first-order valence-electron chi connectivity index (χ1n) is 10.8. The van der Waals surface area contributed by atoms with Gasteiger partial charge >= 0.3 is 0 Å². The minimum atomic E-state index is -3.65. The zero-order valence-corrected chi connectivity index (χ0v) is 19.6. The van der Waals surface area contributed by atoms with Crippen LogP contribution in [0.15, 0.2) is 95.9 Å². The number of carbonyl (C=O) groups is 1. The molecular formula is C26H25ClN2O3S. The molecule has 1 aliphatic rings. The van der Waals surface area contributed by atoms with E-state index in [4.69, 9.17) is 11.6 Å². The predicted molar refractivity (Wildman–Crippen MR) is 131 cm³/mol. The van der Waals surface area contributed by atoms with Gasteiger partial charge in [0.1, 0.15) is 0 Å². The second kappa shape index (κ2) is 10.4. The van der Waals surface area contributed by atoms with E-state index < -0.39 is 15.3 Å². The van der Waals surface area contributed by atoms with E-state index in [1.807, 2.05) is 36.4 Å². The Labute approximate surface area is 200 Å². The summed E-state index contributed by atoms with van der Waals surface area (Å²) in [7, 11) is -3.65. The number of rotatable bonds is 7. The van der Waals surface area contributed by atoms with Crippen LogP contribution in [-0.4, -0.2) is 49.0 Å². The molecule has 1 heterocycles. The summed E-state index contributed by atoms with van der Waals surface area (Å²) in [6.07, 6.45) is 2.72. The third-order valence-electron chi connectivity index (χ3n) is 5.77. The van der Waals surface area contributed by atoms with E-state index in [0.717, 1.165) is 0 Å². The molecule has 0 atom stereocenters. The van der Waals surface area contributed by atoms with Gasteiger partial charge in [-0.3, -0.25) is 9.69 Å². The Morgan fingerprint density at radius 3 is 1.94 bits per heavy atom. The molecule has 1 saturated heterocycles. The predicted octanol–water partition coefficient (Wildman–Crippen LogP) is 4.56. The maximum absolute atomic E-state index is 13.3. The monoisotopic (exact) mass is 480 g/mol. The smallest absolute Gasteiger partial charge is 0.245 e. The zero-order valence-electron chi connectivity index (χ0n) is 18.0. The molecule has 0 radical (unpaired) electrons. The number of hydrogen-bond acceptors (Lipinski definition) is 4. The first-order valence-corrected chi connectivity index (χ1v) is 12.6. The Hall–Kier alpha value is -2.77. The molecule has 170 valence electrons. The first-order chi connectivity index (χ1) is 15.9. The van der Waals surface area contributed by atoms with Gasteiger partial charge in [0.2, 0.25) is 15.3 Å². The number of halogens is 1. The maximum atomic E-state index is 13.3. The van der Waals surface area contributed by atoms with Gasteiger partial charge in [0, 0.05) is 26.2 Å². The van der Waals surface area contributed by atoms with Crippen molar-refractivity contribution in [2.45, 2.75) is 10.9 Å². The molecule has 0 aromatic heterocycles. The average molecular weight is 481 g/mol. The fourth-order valence-electron chi connectivity index (χ4n) is 4.18. The Kier molecular flexibility index (Phi) is 7.40. The molecule has 0 unspecified atom stereocenters. The van der Waals surface area contributed by atoms with Crippen LogP contribution in [0.5, 0.6) is 0 Å². The molecular weight excluding hydrogens is 456 g/mol. The summed E-state index contributed by atoms with van der Waals surface area (Å²) in [5.74, 6) is 0. The number of allylic oxidation sites excluding steroid dienone is 1. The van der Waals surface area contributed by atoms with Crippen molar-refractivity contribution >= 4 is 32.9 Å². The summed E-state index contributed by atoms with van der Waals surface area (Å²) < 4.78 is 28.1. The minimum absolute atomic E-state index is 0.0683. The van der Waals surface area contributed by atoms with Gasteiger partial charge in [0.05, 0.1) is 10.9 Å². The summed E-state index contributed by atoms with van der Waals surface area (Å²) in [5.41, 5.74) is 2.98. The molecule has 0 bridgehead atoms. The van der Waals surface area contributed by atoms with Gasteiger partial charge in [-0.25, -0.2) is 8.42 Å². The summed E-state index contributed by atoms with van der Waals surface area (Å²) in [4.78, 5) is 13.5. The average Bonchev–Trinajstić information content (AvgIpc) is 2.85. The molecule has 0 spiro atoms. The van der Waals surface area contributed by atoms with Gasteiger partial charge in [-0.15, -0.1) is 0 Å². The van der Waals surface area contributed by atoms with Crippen molar-refractivity contribution in [2.24, 2.45) is 0 Å². The summed E-state index contributed by atoms with van der Waals surface area (Å²) in [6.45, 7) is 2.04. The van der Waals surface area contributed by atoms with Crippen LogP contribution in [0.25, 0.3) is 6.08 Å². The number of sulfonamides is 1. The second-order valence-electron chi connectivity index (χ2n) is 7.87. The third kappa shape index (κ3) is 5.60. The molecule has 1 fully saturated rings. The molecule has 7 heteroatoms. The van der Waals surface area contributed by atoms with Crippen LogP contribution in [0.1, 0.15) is 22.7 Å². The third-order valence-corrected chi connectivity index (χ3v) is 7.79. The second-order valence-corrected chi connectivity index (χ2v) is 10.2. The highest BCUT2D eigenvalue weighted by Gasteiger charge is 2.32. The number of hydrogen-bond donors (Lipinski definition) is 0. The van der Waals surface area contributed by atoms with Gasteiger partial charge < -0.3 is 0 Å². The highest BCUT2D eigenvalue weighted by atomic mass is 35.5. The van der Waals surface area contributed by atoms with E-state index in [2.05, 4.69) is 29.2 Å². The van der Waals surface area contributed by atoms with Crippen molar-refractivity contribution in [3.63, 3.8) is 0 Å². The lowest BCUT2D eigenvalue weighted by Gasteiger charge is -2.39. The fraction of sp³-hybridized carbons (Fsp3) is 0.192. The quantitative estimate of drug-likeness (QED) is 0.367. The Morgan fingerprint density at radius 2 is 1.39 bits per heavy atom. The standard InChI is InChI=1S/C26H25ClN2O3S/c27-25(30)15-14-21-8-7-13-24(20-21)33(31,32)29-18-16-28(17-19-29)26(22-9-3-1-4-10-22)23-11-5-2-6-12-23/h1-15,20,26H,16-19H2/b15-14+. The highest BCUT2D eigenvalue weighted by Crippen LogP contribution is 2.30. The minimum Gasteiger partial charge on any atom is -0.290 e. The van der Waals surface area contributed by atoms with Gasteiger partial charge in [-0.2, -0.15) is 4.31 Å². The number of nitrogens with zero attached hydrogens (tertiary/aromatic N) is 2. The van der Waals surface area contributed by atoms with Gasteiger partial charge in [-0.05, 0) is 46.5 Å². The molecule has 33 heavy (non-hydrogen) atoms. The summed E-state index contributed by atoms with van der Waals surface area (Å²) in [6, 6.07) is 27.2. The lowest BCUT2D eigenvalue weighted by Crippen LogP contribution is -2.49. The van der Waals surface area contributed by atoms with Crippen LogP contribution in [-0.2, 0) is 14.8 Å². The van der Waals surface area contributed by atoms with Crippen molar-refractivity contribution in [2.75, 3.05) is 26.2 Å². The molecule has 0 amide bonds. The van der Waals surface area contributed by atoms with Crippen molar-refractivity contribution in [1.82, 2.24) is 9.21 Å². The molecule has 4 rings (SSSR count). The normalized spacial score (nSPS) is 15.8.